The van der Waals surface area contributed by atoms with Gasteiger partial charge in [-0.3, -0.25) is 19.2 Å². The lowest BCUT2D eigenvalue weighted by Gasteiger charge is -2.40. The second kappa shape index (κ2) is 10.4. The van der Waals surface area contributed by atoms with E-state index in [1.54, 1.807) is 36.1 Å². The molecule has 2 saturated heterocycles. The molecule has 2 bridgehead atoms. The van der Waals surface area contributed by atoms with Crippen molar-refractivity contribution in [2.45, 2.75) is 83.8 Å². The van der Waals surface area contributed by atoms with E-state index in [2.05, 4.69) is 10.6 Å². The molecule has 1 aromatic carbocycles. The first-order valence-corrected chi connectivity index (χ1v) is 12.9. The Bertz CT molecular complexity index is 1040. The zero-order valence-electron chi connectivity index (χ0n) is 21.1. The number of fused-ring (bicyclic) bond motifs is 2. The van der Waals surface area contributed by atoms with Gasteiger partial charge in [0.25, 0.3) is 5.91 Å². The van der Waals surface area contributed by atoms with Crippen LogP contribution in [0.4, 0.5) is 0 Å². The summed E-state index contributed by atoms with van der Waals surface area (Å²) in [6, 6.07) is 4.42. The van der Waals surface area contributed by atoms with Crippen molar-refractivity contribution >= 4 is 35.3 Å². The van der Waals surface area contributed by atoms with Gasteiger partial charge in [-0.2, -0.15) is 0 Å². The summed E-state index contributed by atoms with van der Waals surface area (Å²) < 4.78 is 10.6. The Morgan fingerprint density at radius 2 is 1.94 bits per heavy atom. The Kier molecular flexibility index (Phi) is 7.61. The Labute approximate surface area is 216 Å². The largest absolute Gasteiger partial charge is 0.433 e. The highest BCUT2D eigenvalue weighted by Gasteiger charge is 2.54. The quantitative estimate of drug-likeness (QED) is 0.535. The van der Waals surface area contributed by atoms with Gasteiger partial charge in [-0.05, 0) is 49.7 Å². The lowest BCUT2D eigenvalue weighted by Crippen LogP contribution is -2.62. The van der Waals surface area contributed by atoms with Crippen molar-refractivity contribution < 1.29 is 28.7 Å². The van der Waals surface area contributed by atoms with Crippen molar-refractivity contribution in [3.05, 3.63) is 34.9 Å². The van der Waals surface area contributed by atoms with Crippen LogP contribution < -0.4 is 10.6 Å². The number of piperidine rings is 1. The Hall–Kier alpha value is -2.65. The van der Waals surface area contributed by atoms with Gasteiger partial charge >= 0.3 is 5.97 Å². The van der Waals surface area contributed by atoms with E-state index in [1.165, 1.54) is 0 Å². The van der Waals surface area contributed by atoms with Gasteiger partial charge in [0.1, 0.15) is 18.1 Å². The third-order valence-corrected chi connectivity index (χ3v) is 7.57. The summed E-state index contributed by atoms with van der Waals surface area (Å²) in [5.41, 5.74) is -0.339. The minimum Gasteiger partial charge on any atom is -0.433 e. The summed E-state index contributed by atoms with van der Waals surface area (Å²) in [6.45, 7) is 7.74. The number of carbonyl (C=O) groups is 4. The van der Waals surface area contributed by atoms with Crippen molar-refractivity contribution in [2.24, 2.45) is 11.3 Å². The highest BCUT2D eigenvalue weighted by atomic mass is 35.5. The maximum absolute atomic E-state index is 14.0. The van der Waals surface area contributed by atoms with Crippen molar-refractivity contribution in [1.82, 2.24) is 15.5 Å². The molecule has 36 heavy (non-hydrogen) atoms. The van der Waals surface area contributed by atoms with E-state index in [1.807, 2.05) is 20.8 Å². The van der Waals surface area contributed by atoms with Gasteiger partial charge < -0.3 is 25.0 Å². The molecule has 1 saturated carbocycles. The summed E-state index contributed by atoms with van der Waals surface area (Å²) in [5, 5.41) is 6.08. The molecule has 0 aromatic heterocycles. The molecule has 0 radical (unpaired) electrons. The molecule has 0 spiro atoms. The first-order valence-electron chi connectivity index (χ1n) is 12.5. The molecule has 2 N–H and O–H groups in total. The van der Waals surface area contributed by atoms with Crippen LogP contribution in [0.3, 0.4) is 0 Å². The highest BCUT2D eigenvalue weighted by Crippen LogP contribution is 2.44. The molecule has 4 rings (SSSR count). The number of likely N-dealkylation sites (tertiary alicyclic amines) is 1. The number of cyclic esters (lactones) is 1. The Morgan fingerprint density at radius 3 is 2.61 bits per heavy atom. The van der Waals surface area contributed by atoms with Gasteiger partial charge in [0, 0.05) is 12.6 Å². The first kappa shape index (κ1) is 26.4. The standard InChI is InChI=1S/C26H34ClN3O6/c1-5-35-25-18(13-19(31)36-25)28-23(33)20-14-10-11-15(12-14)30(20)24(34)21(26(2,3)4)29-22(32)16-8-6-7-9-17(16)27/h6-9,14-15,18,20-21,25H,5,10-13H2,1-4H3,(H,28,33)(H,29,32)/t14-,15?,18-,20-,21+,25-/m0/s1. The van der Waals surface area contributed by atoms with Gasteiger partial charge in [-0.25, -0.2) is 0 Å². The maximum Gasteiger partial charge on any atom is 0.310 e. The average molecular weight is 520 g/mol. The molecule has 1 aromatic rings. The van der Waals surface area contributed by atoms with Gasteiger partial charge in [-0.15, -0.1) is 0 Å². The van der Waals surface area contributed by atoms with Crippen LogP contribution in [0.1, 0.15) is 63.7 Å². The van der Waals surface area contributed by atoms with Crippen molar-refractivity contribution in [3.63, 3.8) is 0 Å². The van der Waals surface area contributed by atoms with Crippen LogP contribution in [0.2, 0.25) is 5.02 Å². The summed E-state index contributed by atoms with van der Waals surface area (Å²) >= 11 is 6.21. The summed E-state index contributed by atoms with van der Waals surface area (Å²) in [4.78, 5) is 54.0. The lowest BCUT2D eigenvalue weighted by molar-refractivity contribution is -0.165. The number of esters is 1. The van der Waals surface area contributed by atoms with Crippen molar-refractivity contribution in [1.29, 1.82) is 0 Å². The highest BCUT2D eigenvalue weighted by molar-refractivity contribution is 6.33. The molecule has 9 nitrogen and oxygen atoms in total. The lowest BCUT2D eigenvalue weighted by atomic mass is 9.84. The molecular formula is C26H34ClN3O6. The third kappa shape index (κ3) is 5.22. The fourth-order valence-electron chi connectivity index (χ4n) is 5.53. The van der Waals surface area contributed by atoms with Crippen LogP contribution >= 0.6 is 11.6 Å². The smallest absolute Gasteiger partial charge is 0.310 e. The number of benzene rings is 1. The summed E-state index contributed by atoms with van der Waals surface area (Å²) in [5.74, 6) is -1.48. The number of amides is 3. The molecule has 2 aliphatic heterocycles. The molecule has 2 heterocycles. The second-order valence-electron chi connectivity index (χ2n) is 10.8. The fourth-order valence-corrected chi connectivity index (χ4v) is 5.75. The zero-order valence-corrected chi connectivity index (χ0v) is 21.8. The summed E-state index contributed by atoms with van der Waals surface area (Å²) in [7, 11) is 0. The topological polar surface area (TPSA) is 114 Å². The van der Waals surface area contributed by atoms with Gasteiger partial charge in [-0.1, -0.05) is 44.5 Å². The molecule has 3 aliphatic rings. The van der Waals surface area contributed by atoms with E-state index in [4.69, 9.17) is 21.1 Å². The molecule has 1 aliphatic carbocycles. The van der Waals surface area contributed by atoms with Crippen LogP contribution in [0, 0.1) is 11.3 Å². The fraction of sp³-hybridized carbons (Fsp3) is 0.615. The third-order valence-electron chi connectivity index (χ3n) is 7.24. The van der Waals surface area contributed by atoms with E-state index >= 15 is 0 Å². The van der Waals surface area contributed by atoms with E-state index < -0.39 is 41.7 Å². The minimum absolute atomic E-state index is 0.0161. The van der Waals surface area contributed by atoms with Gasteiger partial charge in [0.2, 0.25) is 18.1 Å². The molecule has 3 amide bonds. The van der Waals surface area contributed by atoms with Crippen molar-refractivity contribution in [3.8, 4) is 0 Å². The number of halogens is 1. The molecule has 6 atom stereocenters. The average Bonchev–Trinajstić information content (AvgIpc) is 3.51. The number of rotatable bonds is 7. The predicted molar refractivity (Wildman–Crippen MR) is 132 cm³/mol. The number of hydrogen-bond acceptors (Lipinski definition) is 6. The van der Waals surface area contributed by atoms with E-state index in [9.17, 15) is 19.2 Å². The first-order chi connectivity index (χ1) is 17.0. The Morgan fingerprint density at radius 1 is 1.22 bits per heavy atom. The molecule has 196 valence electrons. The van der Waals surface area contributed by atoms with Crippen LogP contribution in [-0.2, 0) is 23.9 Å². The van der Waals surface area contributed by atoms with E-state index in [-0.39, 0.29) is 35.8 Å². The molecular weight excluding hydrogens is 486 g/mol. The Balaban J connectivity index is 1.55. The maximum atomic E-state index is 14.0. The van der Waals surface area contributed by atoms with E-state index in [0.717, 1.165) is 19.3 Å². The van der Waals surface area contributed by atoms with Crippen LogP contribution in [0.25, 0.3) is 0 Å². The van der Waals surface area contributed by atoms with Crippen LogP contribution in [0.5, 0.6) is 0 Å². The van der Waals surface area contributed by atoms with Crippen LogP contribution in [-0.4, -0.2) is 65.7 Å². The molecule has 3 fully saturated rings. The second-order valence-corrected chi connectivity index (χ2v) is 11.2. The number of hydrogen-bond donors (Lipinski definition) is 2. The predicted octanol–water partition coefficient (Wildman–Crippen LogP) is 2.66. The zero-order chi connectivity index (χ0) is 26.2. The van der Waals surface area contributed by atoms with Gasteiger partial charge in [0.15, 0.2) is 0 Å². The van der Waals surface area contributed by atoms with Crippen molar-refractivity contribution in [2.75, 3.05) is 6.61 Å². The minimum atomic E-state index is -0.872. The monoisotopic (exact) mass is 519 g/mol. The number of nitrogens with one attached hydrogen (secondary N) is 2. The summed E-state index contributed by atoms with van der Waals surface area (Å²) in [6.07, 6.45) is 1.56. The molecule has 10 heteroatoms. The normalized spacial score (nSPS) is 28.1. The van der Waals surface area contributed by atoms with Gasteiger partial charge in [0.05, 0.1) is 17.0 Å². The number of carbonyl (C=O) groups excluding carboxylic acids is 4. The van der Waals surface area contributed by atoms with E-state index in [0.29, 0.717) is 11.6 Å². The SMILES string of the molecule is CCO[C@H]1OC(=O)C[C@@H]1NC(=O)[C@@H]1[C@H]2CCC(C2)N1C(=O)[C@@H](NC(=O)c1ccccc1Cl)C(C)(C)C. The molecule has 1 unspecified atom stereocenters. The number of ether oxygens (including phenoxy) is 2. The van der Waals surface area contributed by atoms with Crippen LogP contribution in [0.15, 0.2) is 24.3 Å². The number of nitrogens with zero attached hydrogens (tertiary/aromatic N) is 1.